The lowest BCUT2D eigenvalue weighted by Gasteiger charge is -2.23. The van der Waals surface area contributed by atoms with Crippen LogP contribution < -0.4 is 10.1 Å². The van der Waals surface area contributed by atoms with Gasteiger partial charge in [0, 0.05) is 0 Å². The predicted molar refractivity (Wildman–Crippen MR) is 99.7 cm³/mol. The molecular formula is C17H24N4O4S. The van der Waals surface area contributed by atoms with Crippen LogP contribution in [-0.4, -0.2) is 47.1 Å². The average molecular weight is 380 g/mol. The normalized spacial score (nSPS) is 12.2. The molecule has 2 N–H and O–H groups in total. The van der Waals surface area contributed by atoms with Gasteiger partial charge in [-0.15, -0.1) is 5.10 Å². The monoisotopic (exact) mass is 380 g/mol. The predicted octanol–water partition coefficient (Wildman–Crippen LogP) is 2.27. The minimum atomic E-state index is -3.63. The summed E-state index contributed by atoms with van der Waals surface area (Å²) in [5, 5.41) is 9.14. The summed E-state index contributed by atoms with van der Waals surface area (Å²) >= 11 is 0. The van der Waals surface area contributed by atoms with Crippen LogP contribution in [0.4, 0.5) is 5.95 Å². The molecule has 0 saturated carbocycles. The van der Waals surface area contributed by atoms with Crippen LogP contribution in [-0.2, 0) is 14.6 Å². The van der Waals surface area contributed by atoms with Gasteiger partial charge in [-0.05, 0) is 31.9 Å². The third kappa shape index (κ3) is 4.04. The first-order valence-electron chi connectivity index (χ1n) is 8.18. The van der Waals surface area contributed by atoms with Crippen LogP contribution in [0.5, 0.6) is 5.75 Å². The minimum absolute atomic E-state index is 0.00345. The molecule has 2 rings (SSSR count). The summed E-state index contributed by atoms with van der Waals surface area (Å²) < 4.78 is 28.6. The zero-order chi connectivity index (χ0) is 19.5. The molecule has 1 aromatic carbocycles. The van der Waals surface area contributed by atoms with E-state index in [2.05, 4.69) is 20.5 Å². The van der Waals surface area contributed by atoms with Gasteiger partial charge in [-0.3, -0.25) is 15.2 Å². The Hall–Kier alpha value is -2.42. The number of rotatable bonds is 7. The van der Waals surface area contributed by atoms with Crippen molar-refractivity contribution in [2.24, 2.45) is 5.92 Å². The molecule has 1 heterocycles. The number of benzene rings is 1. The maximum absolute atomic E-state index is 12.5. The van der Waals surface area contributed by atoms with Crippen LogP contribution >= 0.6 is 0 Å². The fourth-order valence-corrected chi connectivity index (χ4v) is 3.95. The van der Waals surface area contributed by atoms with Gasteiger partial charge in [0.1, 0.15) is 10.5 Å². The van der Waals surface area contributed by atoms with Gasteiger partial charge in [-0.2, -0.15) is 4.98 Å². The van der Waals surface area contributed by atoms with Crippen molar-refractivity contribution in [3.05, 3.63) is 24.3 Å². The highest BCUT2D eigenvalue weighted by molar-refractivity contribution is 7.93. The van der Waals surface area contributed by atoms with E-state index in [1.807, 2.05) is 12.1 Å². The maximum Gasteiger partial charge on any atom is 0.249 e. The first-order chi connectivity index (χ1) is 12.1. The topological polar surface area (TPSA) is 114 Å². The van der Waals surface area contributed by atoms with Gasteiger partial charge in [0.2, 0.25) is 11.9 Å². The molecule has 0 aliphatic rings. The number of aromatic nitrogens is 3. The van der Waals surface area contributed by atoms with E-state index in [-0.39, 0.29) is 17.6 Å². The SMILES string of the molecule is COc1ccccc1-c1nc(NC(=O)C(C)(C)S(=O)(=O)CC(C)C)n[nH]1. The number of para-hydroxylation sites is 1. The number of nitrogens with zero attached hydrogens (tertiary/aromatic N) is 2. The Kier molecular flexibility index (Phi) is 5.70. The van der Waals surface area contributed by atoms with Gasteiger partial charge < -0.3 is 4.74 Å². The van der Waals surface area contributed by atoms with E-state index in [9.17, 15) is 13.2 Å². The fraction of sp³-hybridized carbons (Fsp3) is 0.471. The Morgan fingerprint density at radius 3 is 2.58 bits per heavy atom. The summed E-state index contributed by atoms with van der Waals surface area (Å²) in [4.78, 5) is 16.7. The van der Waals surface area contributed by atoms with Crippen molar-refractivity contribution < 1.29 is 17.9 Å². The second-order valence-corrected chi connectivity index (χ2v) is 9.43. The first-order valence-corrected chi connectivity index (χ1v) is 9.83. The Balaban J connectivity index is 2.22. The molecule has 0 saturated heterocycles. The molecule has 0 unspecified atom stereocenters. The number of sulfone groups is 1. The van der Waals surface area contributed by atoms with Crippen LogP contribution in [0.2, 0.25) is 0 Å². The molecule has 0 radical (unpaired) electrons. The Bertz CT molecular complexity index is 888. The number of nitrogens with one attached hydrogen (secondary N) is 2. The molecule has 26 heavy (non-hydrogen) atoms. The van der Waals surface area contributed by atoms with Crippen molar-refractivity contribution in [1.29, 1.82) is 0 Å². The summed E-state index contributed by atoms with van der Waals surface area (Å²) in [6.07, 6.45) is 0. The number of ether oxygens (including phenoxy) is 1. The summed E-state index contributed by atoms with van der Waals surface area (Å²) in [7, 11) is -2.09. The van der Waals surface area contributed by atoms with E-state index in [1.54, 1.807) is 33.1 Å². The van der Waals surface area contributed by atoms with E-state index in [0.29, 0.717) is 17.1 Å². The van der Waals surface area contributed by atoms with Crippen LogP contribution in [0.3, 0.4) is 0 Å². The first kappa shape index (κ1) is 19.9. The van der Waals surface area contributed by atoms with Crippen LogP contribution in [0, 0.1) is 5.92 Å². The lowest BCUT2D eigenvalue weighted by Crippen LogP contribution is -2.46. The number of hydrogen-bond donors (Lipinski definition) is 2. The van der Waals surface area contributed by atoms with Gasteiger partial charge >= 0.3 is 0 Å². The van der Waals surface area contributed by atoms with Crippen molar-refractivity contribution in [3.63, 3.8) is 0 Å². The van der Waals surface area contributed by atoms with Crippen molar-refractivity contribution in [1.82, 2.24) is 15.2 Å². The maximum atomic E-state index is 12.5. The van der Waals surface area contributed by atoms with Crippen LogP contribution in [0.15, 0.2) is 24.3 Å². The molecule has 0 aliphatic heterocycles. The lowest BCUT2D eigenvalue weighted by atomic mass is 10.2. The summed E-state index contributed by atoms with van der Waals surface area (Å²) in [5.41, 5.74) is 0.676. The number of methoxy groups -OCH3 is 1. The molecular weight excluding hydrogens is 356 g/mol. The third-order valence-electron chi connectivity index (χ3n) is 3.95. The Morgan fingerprint density at radius 2 is 1.96 bits per heavy atom. The highest BCUT2D eigenvalue weighted by Crippen LogP contribution is 2.27. The molecule has 0 fully saturated rings. The van der Waals surface area contributed by atoms with Gasteiger partial charge in [0.15, 0.2) is 15.7 Å². The number of hydrogen-bond acceptors (Lipinski definition) is 6. The molecule has 9 heteroatoms. The minimum Gasteiger partial charge on any atom is -0.496 e. The van der Waals surface area contributed by atoms with Gasteiger partial charge in [0.25, 0.3) is 0 Å². The van der Waals surface area contributed by atoms with Gasteiger partial charge in [-0.1, -0.05) is 26.0 Å². The van der Waals surface area contributed by atoms with Crippen molar-refractivity contribution in [3.8, 4) is 17.1 Å². The van der Waals surface area contributed by atoms with E-state index >= 15 is 0 Å². The van der Waals surface area contributed by atoms with Crippen LogP contribution in [0.1, 0.15) is 27.7 Å². The van der Waals surface area contributed by atoms with E-state index < -0.39 is 20.5 Å². The second kappa shape index (κ2) is 7.45. The summed E-state index contributed by atoms with van der Waals surface area (Å²) in [6, 6.07) is 7.21. The zero-order valence-corrected chi connectivity index (χ0v) is 16.3. The molecule has 0 bridgehead atoms. The molecule has 1 aromatic heterocycles. The summed E-state index contributed by atoms with van der Waals surface area (Å²) in [5.74, 6) is 0.176. The highest BCUT2D eigenvalue weighted by Gasteiger charge is 2.42. The van der Waals surface area contributed by atoms with Gasteiger partial charge in [0.05, 0.1) is 18.4 Å². The molecule has 8 nitrogen and oxygen atoms in total. The Morgan fingerprint density at radius 1 is 1.31 bits per heavy atom. The second-order valence-electron chi connectivity index (χ2n) is 6.85. The van der Waals surface area contributed by atoms with E-state index in [0.717, 1.165) is 0 Å². The van der Waals surface area contributed by atoms with Crippen molar-refractivity contribution >= 4 is 21.7 Å². The number of carbonyl (C=O) groups is 1. The Labute approximate surface area is 153 Å². The molecule has 1 amide bonds. The van der Waals surface area contributed by atoms with E-state index in [4.69, 9.17) is 4.74 Å². The number of anilines is 1. The average Bonchev–Trinajstić information content (AvgIpc) is 3.01. The molecule has 2 aromatic rings. The smallest absolute Gasteiger partial charge is 0.249 e. The van der Waals surface area contributed by atoms with E-state index in [1.165, 1.54) is 13.8 Å². The molecule has 0 aliphatic carbocycles. The van der Waals surface area contributed by atoms with Gasteiger partial charge in [-0.25, -0.2) is 8.42 Å². The highest BCUT2D eigenvalue weighted by atomic mass is 32.2. The number of amides is 1. The molecule has 0 atom stereocenters. The lowest BCUT2D eigenvalue weighted by molar-refractivity contribution is -0.117. The standard InChI is InChI=1S/C17H24N4O4S/c1-11(2)10-26(23,24)17(3,4)15(22)19-16-18-14(20-21-16)12-8-6-7-9-13(12)25-5/h6-9,11H,10H2,1-5H3,(H2,18,19,20,21,22). The molecule has 142 valence electrons. The van der Waals surface area contributed by atoms with Crippen LogP contribution in [0.25, 0.3) is 11.4 Å². The zero-order valence-electron chi connectivity index (χ0n) is 15.5. The largest absolute Gasteiger partial charge is 0.496 e. The number of aromatic amines is 1. The summed E-state index contributed by atoms with van der Waals surface area (Å²) in [6.45, 7) is 6.35. The quantitative estimate of drug-likeness (QED) is 0.761. The third-order valence-corrected chi connectivity index (χ3v) is 6.80. The fourth-order valence-electron chi connectivity index (χ4n) is 2.32. The number of H-pyrrole nitrogens is 1. The number of carbonyl (C=O) groups excluding carboxylic acids is 1. The molecule has 0 spiro atoms. The van der Waals surface area contributed by atoms with Crippen molar-refractivity contribution in [2.45, 2.75) is 32.4 Å². The van der Waals surface area contributed by atoms with Crippen molar-refractivity contribution in [2.75, 3.05) is 18.2 Å².